The summed E-state index contributed by atoms with van der Waals surface area (Å²) in [6, 6.07) is 15.5. The lowest BCUT2D eigenvalue weighted by atomic mass is 9.87. The molecule has 1 aliphatic rings. The standard InChI is InChI=1S/C17H13IS/c1-17(2)12-8-4-3-6-10(12)14-11-7-5-9-13(18)15(11)19-16(14)17/h3-9H,1-2H3. The van der Waals surface area contributed by atoms with Crippen LogP contribution in [0.4, 0.5) is 0 Å². The van der Waals surface area contributed by atoms with Gasteiger partial charge in [0.05, 0.1) is 0 Å². The zero-order valence-corrected chi connectivity index (χ0v) is 13.8. The average molecular weight is 376 g/mol. The molecule has 0 N–H and O–H groups in total. The first-order valence-corrected chi connectivity index (χ1v) is 8.31. The number of thiophene rings is 1. The largest absolute Gasteiger partial charge is 0.138 e. The van der Waals surface area contributed by atoms with Crippen molar-refractivity contribution < 1.29 is 0 Å². The van der Waals surface area contributed by atoms with Crippen molar-refractivity contribution in [1.82, 2.24) is 0 Å². The maximum absolute atomic E-state index is 2.45. The molecule has 0 saturated heterocycles. The Morgan fingerprint density at radius 1 is 1.00 bits per heavy atom. The fourth-order valence-electron chi connectivity index (χ4n) is 3.16. The van der Waals surface area contributed by atoms with Gasteiger partial charge in [-0.3, -0.25) is 0 Å². The number of halogens is 1. The number of fused-ring (bicyclic) bond motifs is 5. The highest BCUT2D eigenvalue weighted by Gasteiger charge is 2.38. The molecule has 1 aromatic heterocycles. The van der Waals surface area contributed by atoms with Gasteiger partial charge in [0, 0.05) is 29.5 Å². The number of benzene rings is 2. The third-order valence-electron chi connectivity index (χ3n) is 4.10. The van der Waals surface area contributed by atoms with E-state index in [0.717, 1.165) is 0 Å². The molecule has 0 aliphatic heterocycles. The molecule has 4 rings (SSSR count). The van der Waals surface area contributed by atoms with Crippen molar-refractivity contribution in [2.45, 2.75) is 19.3 Å². The molecule has 0 spiro atoms. The van der Waals surface area contributed by atoms with Gasteiger partial charge in [0.25, 0.3) is 0 Å². The Labute approximate surface area is 130 Å². The molecule has 19 heavy (non-hydrogen) atoms. The quantitative estimate of drug-likeness (QED) is 0.434. The van der Waals surface area contributed by atoms with E-state index in [1.165, 1.54) is 35.2 Å². The smallest absolute Gasteiger partial charge is 0.0485 e. The molecule has 0 radical (unpaired) electrons. The third-order valence-corrected chi connectivity index (χ3v) is 6.93. The Morgan fingerprint density at radius 3 is 2.63 bits per heavy atom. The van der Waals surface area contributed by atoms with Crippen molar-refractivity contribution in [2.75, 3.05) is 0 Å². The Bertz CT molecular complexity index is 811. The lowest BCUT2D eigenvalue weighted by molar-refractivity contribution is 0.674. The van der Waals surface area contributed by atoms with Gasteiger partial charge in [-0.1, -0.05) is 50.2 Å². The lowest BCUT2D eigenvalue weighted by Crippen LogP contribution is -2.13. The van der Waals surface area contributed by atoms with Crippen LogP contribution in [0.1, 0.15) is 24.3 Å². The molecule has 2 aromatic carbocycles. The average Bonchev–Trinajstić information content (AvgIpc) is 2.88. The Kier molecular flexibility index (Phi) is 2.40. The Hall–Kier alpha value is -0.870. The second kappa shape index (κ2) is 3.83. The normalized spacial score (nSPS) is 15.5. The van der Waals surface area contributed by atoms with E-state index in [1.807, 2.05) is 11.3 Å². The maximum Gasteiger partial charge on any atom is 0.0485 e. The molecule has 0 saturated carbocycles. The molecule has 0 atom stereocenters. The SMILES string of the molecule is CC1(C)c2ccccc2-c2c1sc1c(I)cccc21. The van der Waals surface area contributed by atoms with Crippen LogP contribution in [0.25, 0.3) is 21.2 Å². The first-order valence-electron chi connectivity index (χ1n) is 6.42. The van der Waals surface area contributed by atoms with Crippen LogP contribution in [-0.4, -0.2) is 0 Å². The predicted octanol–water partition coefficient (Wildman–Crippen LogP) is 5.81. The molecule has 1 aliphatic carbocycles. The molecule has 0 fully saturated rings. The monoisotopic (exact) mass is 376 g/mol. The van der Waals surface area contributed by atoms with E-state index >= 15 is 0 Å². The Balaban J connectivity index is 2.22. The van der Waals surface area contributed by atoms with Gasteiger partial charge in [0.15, 0.2) is 0 Å². The fourth-order valence-corrected chi connectivity index (χ4v) is 5.33. The highest BCUT2D eigenvalue weighted by atomic mass is 127. The molecule has 1 heterocycles. The van der Waals surface area contributed by atoms with Gasteiger partial charge in [-0.2, -0.15) is 0 Å². The summed E-state index contributed by atoms with van der Waals surface area (Å²) < 4.78 is 2.80. The highest BCUT2D eigenvalue weighted by Crippen LogP contribution is 2.55. The molecular formula is C17H13IS. The van der Waals surface area contributed by atoms with Crippen LogP contribution in [-0.2, 0) is 5.41 Å². The summed E-state index contributed by atoms with van der Waals surface area (Å²) in [4.78, 5) is 1.52. The van der Waals surface area contributed by atoms with Gasteiger partial charge in [-0.15, -0.1) is 11.3 Å². The summed E-state index contributed by atoms with van der Waals surface area (Å²) in [5, 5.41) is 1.42. The number of hydrogen-bond donors (Lipinski definition) is 0. The minimum atomic E-state index is 0.138. The number of rotatable bonds is 0. The van der Waals surface area contributed by atoms with Gasteiger partial charge < -0.3 is 0 Å². The first-order chi connectivity index (χ1) is 9.10. The van der Waals surface area contributed by atoms with E-state index in [9.17, 15) is 0 Å². The second-order valence-electron chi connectivity index (χ2n) is 5.59. The first kappa shape index (κ1) is 11.9. The third kappa shape index (κ3) is 1.44. The van der Waals surface area contributed by atoms with Crippen LogP contribution < -0.4 is 0 Å². The molecule has 0 nitrogen and oxygen atoms in total. The van der Waals surface area contributed by atoms with E-state index < -0.39 is 0 Å². The van der Waals surface area contributed by atoms with Crippen molar-refractivity contribution in [3.8, 4) is 11.1 Å². The van der Waals surface area contributed by atoms with Crippen LogP contribution in [0.5, 0.6) is 0 Å². The minimum absolute atomic E-state index is 0.138. The predicted molar refractivity (Wildman–Crippen MR) is 92.1 cm³/mol. The van der Waals surface area contributed by atoms with Crippen LogP contribution in [0.2, 0.25) is 0 Å². The topological polar surface area (TPSA) is 0 Å². The van der Waals surface area contributed by atoms with Crippen LogP contribution in [0.3, 0.4) is 0 Å². The van der Waals surface area contributed by atoms with Gasteiger partial charge in [-0.25, -0.2) is 0 Å². The van der Waals surface area contributed by atoms with Gasteiger partial charge in [-0.05, 0) is 39.8 Å². The van der Waals surface area contributed by atoms with E-state index in [0.29, 0.717) is 0 Å². The van der Waals surface area contributed by atoms with E-state index in [4.69, 9.17) is 0 Å². The summed E-state index contributed by atoms with van der Waals surface area (Å²) in [5.41, 5.74) is 4.51. The lowest BCUT2D eigenvalue weighted by Gasteiger charge is -2.19. The molecule has 94 valence electrons. The Morgan fingerprint density at radius 2 is 1.79 bits per heavy atom. The van der Waals surface area contributed by atoms with E-state index in [1.54, 1.807) is 0 Å². The van der Waals surface area contributed by atoms with Crippen molar-refractivity contribution in [3.05, 3.63) is 56.5 Å². The molecule has 2 heteroatoms. The van der Waals surface area contributed by atoms with E-state index in [-0.39, 0.29) is 5.41 Å². The summed E-state index contributed by atoms with van der Waals surface area (Å²) in [6.45, 7) is 4.69. The summed E-state index contributed by atoms with van der Waals surface area (Å²) in [7, 11) is 0. The molecule has 0 unspecified atom stereocenters. The summed E-state index contributed by atoms with van der Waals surface area (Å²) >= 11 is 4.42. The second-order valence-corrected chi connectivity index (χ2v) is 7.78. The van der Waals surface area contributed by atoms with Gasteiger partial charge in [0.2, 0.25) is 0 Å². The van der Waals surface area contributed by atoms with Gasteiger partial charge >= 0.3 is 0 Å². The molecular weight excluding hydrogens is 363 g/mol. The van der Waals surface area contributed by atoms with Crippen LogP contribution in [0, 0.1) is 3.57 Å². The van der Waals surface area contributed by atoms with Crippen molar-refractivity contribution in [1.29, 1.82) is 0 Å². The van der Waals surface area contributed by atoms with Crippen LogP contribution in [0.15, 0.2) is 42.5 Å². The molecule has 0 amide bonds. The van der Waals surface area contributed by atoms with Gasteiger partial charge in [0.1, 0.15) is 0 Å². The van der Waals surface area contributed by atoms with Crippen molar-refractivity contribution in [2.24, 2.45) is 0 Å². The van der Waals surface area contributed by atoms with Crippen molar-refractivity contribution >= 4 is 44.0 Å². The zero-order chi connectivity index (χ0) is 13.2. The minimum Gasteiger partial charge on any atom is -0.138 e. The van der Waals surface area contributed by atoms with Crippen LogP contribution >= 0.6 is 33.9 Å². The van der Waals surface area contributed by atoms with E-state index in [2.05, 4.69) is 78.9 Å². The van der Waals surface area contributed by atoms with Crippen molar-refractivity contribution in [3.63, 3.8) is 0 Å². The molecule has 0 bridgehead atoms. The number of hydrogen-bond acceptors (Lipinski definition) is 1. The summed E-state index contributed by atoms with van der Waals surface area (Å²) in [6.07, 6.45) is 0. The summed E-state index contributed by atoms with van der Waals surface area (Å²) in [5.74, 6) is 0. The fraction of sp³-hybridized carbons (Fsp3) is 0.176. The highest BCUT2D eigenvalue weighted by molar-refractivity contribution is 14.1. The zero-order valence-electron chi connectivity index (χ0n) is 10.8. The molecule has 3 aromatic rings. The maximum atomic E-state index is 2.45.